The lowest BCUT2D eigenvalue weighted by atomic mass is 9.86. The minimum Gasteiger partial charge on any atom is -0.365 e. The number of carbonyl (C=O) groups is 1. The van der Waals surface area contributed by atoms with Gasteiger partial charge in [-0.1, -0.05) is 45.0 Å². The van der Waals surface area contributed by atoms with Gasteiger partial charge < -0.3 is 5.32 Å². The van der Waals surface area contributed by atoms with E-state index in [1.165, 1.54) is 16.9 Å². The predicted molar refractivity (Wildman–Crippen MR) is 80.2 cm³/mol. The SMILES string of the molecule is CNc1nc(C(=O)c2ccc(C(C)(C)C)cc2)cs1. The Morgan fingerprint density at radius 2 is 1.84 bits per heavy atom. The topological polar surface area (TPSA) is 42.0 Å². The molecule has 0 aliphatic carbocycles. The molecule has 2 aromatic rings. The summed E-state index contributed by atoms with van der Waals surface area (Å²) in [6.07, 6.45) is 0. The maximum absolute atomic E-state index is 12.3. The number of benzene rings is 1. The van der Waals surface area contributed by atoms with Crippen molar-refractivity contribution in [1.82, 2.24) is 4.98 Å². The minimum atomic E-state index is -0.0294. The second-order valence-electron chi connectivity index (χ2n) is 5.44. The first-order valence-corrected chi connectivity index (χ1v) is 7.08. The second-order valence-corrected chi connectivity index (χ2v) is 6.30. The van der Waals surface area contributed by atoms with Crippen molar-refractivity contribution in [3.05, 3.63) is 46.5 Å². The van der Waals surface area contributed by atoms with Crippen molar-refractivity contribution < 1.29 is 4.79 Å². The number of anilines is 1. The molecule has 1 aromatic carbocycles. The van der Waals surface area contributed by atoms with Crippen LogP contribution >= 0.6 is 11.3 Å². The molecule has 3 nitrogen and oxygen atoms in total. The molecule has 19 heavy (non-hydrogen) atoms. The van der Waals surface area contributed by atoms with Crippen LogP contribution in [-0.4, -0.2) is 17.8 Å². The smallest absolute Gasteiger partial charge is 0.212 e. The first-order chi connectivity index (χ1) is 8.91. The Balaban J connectivity index is 2.25. The van der Waals surface area contributed by atoms with Crippen molar-refractivity contribution >= 4 is 22.3 Å². The molecule has 0 radical (unpaired) electrons. The zero-order chi connectivity index (χ0) is 14.0. The van der Waals surface area contributed by atoms with Gasteiger partial charge in [0, 0.05) is 18.0 Å². The maximum Gasteiger partial charge on any atom is 0.212 e. The van der Waals surface area contributed by atoms with Crippen molar-refractivity contribution in [2.75, 3.05) is 12.4 Å². The number of rotatable bonds is 3. The van der Waals surface area contributed by atoms with Crippen LogP contribution in [0.2, 0.25) is 0 Å². The summed E-state index contributed by atoms with van der Waals surface area (Å²) in [4.78, 5) is 16.5. The summed E-state index contributed by atoms with van der Waals surface area (Å²) in [6, 6.07) is 7.78. The van der Waals surface area contributed by atoms with Gasteiger partial charge in [0.2, 0.25) is 5.78 Å². The third-order valence-corrected chi connectivity index (χ3v) is 3.82. The Morgan fingerprint density at radius 1 is 1.21 bits per heavy atom. The number of ketones is 1. The summed E-state index contributed by atoms with van der Waals surface area (Å²) in [5.41, 5.74) is 2.50. The quantitative estimate of drug-likeness (QED) is 0.867. The summed E-state index contributed by atoms with van der Waals surface area (Å²) in [6.45, 7) is 6.47. The predicted octanol–water partition coefficient (Wildman–Crippen LogP) is 3.71. The van der Waals surface area contributed by atoms with Gasteiger partial charge in [0.1, 0.15) is 5.69 Å². The van der Waals surface area contributed by atoms with Crippen molar-refractivity contribution in [2.45, 2.75) is 26.2 Å². The highest BCUT2D eigenvalue weighted by molar-refractivity contribution is 7.13. The lowest BCUT2D eigenvalue weighted by Gasteiger charge is -2.18. The van der Waals surface area contributed by atoms with Gasteiger partial charge in [-0.25, -0.2) is 4.98 Å². The Labute approximate surface area is 117 Å². The molecule has 0 bridgehead atoms. The zero-order valence-electron chi connectivity index (χ0n) is 11.7. The summed E-state index contributed by atoms with van der Waals surface area (Å²) in [7, 11) is 1.80. The zero-order valence-corrected chi connectivity index (χ0v) is 12.5. The molecular weight excluding hydrogens is 256 g/mol. The second kappa shape index (κ2) is 5.13. The third kappa shape index (κ3) is 3.01. The molecule has 0 unspecified atom stereocenters. The van der Waals surface area contributed by atoms with E-state index < -0.39 is 0 Å². The number of nitrogens with zero attached hydrogens (tertiary/aromatic N) is 1. The fraction of sp³-hybridized carbons (Fsp3) is 0.333. The number of nitrogens with one attached hydrogen (secondary N) is 1. The average Bonchev–Trinajstić information content (AvgIpc) is 2.86. The molecule has 0 spiro atoms. The van der Waals surface area contributed by atoms with E-state index in [9.17, 15) is 4.79 Å². The van der Waals surface area contributed by atoms with E-state index in [1.807, 2.05) is 24.3 Å². The molecule has 1 heterocycles. The highest BCUT2D eigenvalue weighted by atomic mass is 32.1. The Hall–Kier alpha value is -1.68. The largest absolute Gasteiger partial charge is 0.365 e. The van der Waals surface area contributed by atoms with Gasteiger partial charge in [-0.2, -0.15) is 0 Å². The van der Waals surface area contributed by atoms with Crippen LogP contribution in [0.15, 0.2) is 29.6 Å². The van der Waals surface area contributed by atoms with Crippen molar-refractivity contribution in [1.29, 1.82) is 0 Å². The molecule has 0 fully saturated rings. The summed E-state index contributed by atoms with van der Waals surface area (Å²) in [5, 5.41) is 5.48. The van der Waals surface area contributed by atoms with Crippen LogP contribution < -0.4 is 5.32 Å². The molecule has 0 saturated carbocycles. The fourth-order valence-electron chi connectivity index (χ4n) is 1.76. The highest BCUT2D eigenvalue weighted by Crippen LogP contribution is 2.23. The number of hydrogen-bond acceptors (Lipinski definition) is 4. The Bertz CT molecular complexity index is 579. The number of thiazole rings is 1. The van der Waals surface area contributed by atoms with E-state index in [0.717, 1.165) is 5.13 Å². The van der Waals surface area contributed by atoms with E-state index in [4.69, 9.17) is 0 Å². The van der Waals surface area contributed by atoms with Crippen LogP contribution in [0.5, 0.6) is 0 Å². The van der Waals surface area contributed by atoms with Gasteiger partial charge >= 0.3 is 0 Å². The Morgan fingerprint density at radius 3 is 2.32 bits per heavy atom. The molecule has 1 N–H and O–H groups in total. The molecular formula is C15H18N2OS. The molecule has 0 saturated heterocycles. The monoisotopic (exact) mass is 274 g/mol. The molecule has 0 amide bonds. The van der Waals surface area contributed by atoms with Crippen LogP contribution in [-0.2, 0) is 5.41 Å². The average molecular weight is 274 g/mol. The maximum atomic E-state index is 12.3. The van der Waals surface area contributed by atoms with Crippen molar-refractivity contribution in [3.63, 3.8) is 0 Å². The molecule has 0 atom stereocenters. The summed E-state index contributed by atoms with van der Waals surface area (Å²) >= 11 is 1.44. The van der Waals surface area contributed by atoms with Crippen molar-refractivity contribution in [3.8, 4) is 0 Å². The van der Waals surface area contributed by atoms with E-state index in [-0.39, 0.29) is 11.2 Å². The number of hydrogen-bond donors (Lipinski definition) is 1. The molecule has 1 aromatic heterocycles. The molecule has 100 valence electrons. The first-order valence-electron chi connectivity index (χ1n) is 6.20. The van der Waals surface area contributed by atoms with Crippen LogP contribution in [0.1, 0.15) is 42.4 Å². The number of carbonyl (C=O) groups excluding carboxylic acids is 1. The standard InChI is InChI=1S/C15H18N2OS/c1-15(2,3)11-7-5-10(6-8-11)13(18)12-9-19-14(16-4)17-12/h5-9H,1-4H3,(H,16,17). The number of aromatic nitrogens is 1. The van der Waals surface area contributed by atoms with E-state index >= 15 is 0 Å². The normalized spacial score (nSPS) is 11.4. The van der Waals surface area contributed by atoms with Gasteiger partial charge in [-0.3, -0.25) is 4.79 Å². The van der Waals surface area contributed by atoms with Crippen LogP contribution in [0.25, 0.3) is 0 Å². The van der Waals surface area contributed by atoms with Gasteiger partial charge in [-0.15, -0.1) is 11.3 Å². The lowest BCUT2D eigenvalue weighted by molar-refractivity contribution is 0.103. The molecule has 0 aliphatic rings. The van der Waals surface area contributed by atoms with Crippen LogP contribution in [0.3, 0.4) is 0 Å². The molecule has 4 heteroatoms. The molecule has 2 rings (SSSR count). The van der Waals surface area contributed by atoms with Gasteiger partial charge in [0.25, 0.3) is 0 Å². The summed E-state index contributed by atoms with van der Waals surface area (Å²) < 4.78 is 0. The van der Waals surface area contributed by atoms with Gasteiger partial charge in [0.05, 0.1) is 0 Å². The van der Waals surface area contributed by atoms with E-state index in [0.29, 0.717) is 11.3 Å². The highest BCUT2D eigenvalue weighted by Gasteiger charge is 2.16. The van der Waals surface area contributed by atoms with E-state index in [2.05, 4.69) is 31.1 Å². The molecule has 0 aliphatic heterocycles. The van der Waals surface area contributed by atoms with Crippen LogP contribution in [0, 0.1) is 0 Å². The van der Waals surface area contributed by atoms with Gasteiger partial charge in [-0.05, 0) is 11.0 Å². The Kier molecular flexibility index (Phi) is 3.71. The van der Waals surface area contributed by atoms with E-state index in [1.54, 1.807) is 12.4 Å². The fourth-order valence-corrected chi connectivity index (χ4v) is 2.41. The van der Waals surface area contributed by atoms with Crippen LogP contribution in [0.4, 0.5) is 5.13 Å². The first kappa shape index (κ1) is 13.7. The third-order valence-electron chi connectivity index (χ3n) is 2.96. The summed E-state index contributed by atoms with van der Waals surface area (Å²) in [5.74, 6) is -0.0294. The minimum absolute atomic E-state index is 0.0294. The lowest BCUT2D eigenvalue weighted by Crippen LogP contribution is -2.11. The van der Waals surface area contributed by atoms with Crippen molar-refractivity contribution in [2.24, 2.45) is 0 Å². The van der Waals surface area contributed by atoms with Gasteiger partial charge in [0.15, 0.2) is 5.13 Å².